The van der Waals surface area contributed by atoms with E-state index < -0.39 is 11.5 Å². The number of carbonyl (C=O) groups is 1. The molecule has 1 fully saturated rings. The summed E-state index contributed by atoms with van der Waals surface area (Å²) in [6, 6.07) is -0.0970. The predicted octanol–water partition coefficient (Wildman–Crippen LogP) is 0.470. The Balaban J connectivity index is 2.35. The first-order valence-corrected chi connectivity index (χ1v) is 6.68. The molecule has 1 saturated heterocycles. The summed E-state index contributed by atoms with van der Waals surface area (Å²) in [6.45, 7) is 4.19. The molecule has 0 bridgehead atoms. The number of halogens is 1. The normalized spacial score (nSPS) is 22.6. The SMILES string of the molecule is CC(C)n1ncc(N2CCC(N)(C(=O)O)C2)c(Cl)c1=O. The standard InChI is InChI=1S/C12H17ClN4O3/c1-7(2)17-10(18)9(13)8(5-15-17)16-4-3-12(14,6-16)11(19)20/h5,7H,3-4,6,14H2,1-2H3,(H,19,20). The van der Waals surface area contributed by atoms with Crippen molar-refractivity contribution >= 4 is 23.3 Å². The van der Waals surface area contributed by atoms with Crippen LogP contribution in [-0.2, 0) is 4.79 Å². The van der Waals surface area contributed by atoms with Crippen LogP contribution in [0.25, 0.3) is 0 Å². The molecule has 1 aliphatic rings. The summed E-state index contributed by atoms with van der Waals surface area (Å²) in [4.78, 5) is 24.9. The molecule has 1 unspecified atom stereocenters. The minimum Gasteiger partial charge on any atom is -0.480 e. The maximum atomic E-state index is 12.1. The highest BCUT2D eigenvalue weighted by molar-refractivity contribution is 6.33. The number of nitrogens with zero attached hydrogens (tertiary/aromatic N) is 3. The Kier molecular flexibility index (Phi) is 3.75. The van der Waals surface area contributed by atoms with Gasteiger partial charge in [-0.25, -0.2) is 4.68 Å². The quantitative estimate of drug-likeness (QED) is 0.841. The average molecular weight is 301 g/mol. The highest BCUT2D eigenvalue weighted by atomic mass is 35.5. The molecule has 1 aliphatic heterocycles. The van der Waals surface area contributed by atoms with Crippen LogP contribution in [0.15, 0.2) is 11.0 Å². The van der Waals surface area contributed by atoms with Gasteiger partial charge in [0.1, 0.15) is 10.6 Å². The zero-order chi connectivity index (χ0) is 15.1. The van der Waals surface area contributed by atoms with E-state index in [-0.39, 0.29) is 23.2 Å². The molecule has 0 radical (unpaired) electrons. The molecule has 1 atom stereocenters. The van der Waals surface area contributed by atoms with E-state index in [4.69, 9.17) is 22.4 Å². The van der Waals surface area contributed by atoms with Gasteiger partial charge in [-0.3, -0.25) is 9.59 Å². The molecule has 7 nitrogen and oxygen atoms in total. The number of aliphatic carboxylic acids is 1. The zero-order valence-electron chi connectivity index (χ0n) is 11.3. The summed E-state index contributed by atoms with van der Waals surface area (Å²) in [7, 11) is 0. The van der Waals surface area contributed by atoms with Crippen LogP contribution in [-0.4, -0.2) is 39.5 Å². The topological polar surface area (TPSA) is 101 Å². The monoisotopic (exact) mass is 300 g/mol. The summed E-state index contributed by atoms with van der Waals surface area (Å²) in [6.07, 6.45) is 1.78. The third-order valence-electron chi connectivity index (χ3n) is 3.48. The lowest BCUT2D eigenvalue weighted by molar-refractivity contribution is -0.142. The van der Waals surface area contributed by atoms with Gasteiger partial charge in [-0.1, -0.05) is 11.6 Å². The molecular weight excluding hydrogens is 284 g/mol. The van der Waals surface area contributed by atoms with Crippen molar-refractivity contribution < 1.29 is 9.90 Å². The Morgan fingerprint density at radius 2 is 2.25 bits per heavy atom. The van der Waals surface area contributed by atoms with Crippen molar-refractivity contribution in [3.63, 3.8) is 0 Å². The number of rotatable bonds is 3. The Hall–Kier alpha value is -1.60. The lowest BCUT2D eigenvalue weighted by Crippen LogP contribution is -2.50. The molecule has 0 amide bonds. The van der Waals surface area contributed by atoms with Crippen molar-refractivity contribution in [1.82, 2.24) is 9.78 Å². The molecule has 1 aromatic rings. The smallest absolute Gasteiger partial charge is 0.325 e. The Labute approximate surface area is 120 Å². The number of hydrogen-bond acceptors (Lipinski definition) is 5. The van der Waals surface area contributed by atoms with E-state index in [1.54, 1.807) is 4.90 Å². The Morgan fingerprint density at radius 1 is 1.60 bits per heavy atom. The van der Waals surface area contributed by atoms with E-state index in [1.807, 2.05) is 13.8 Å². The van der Waals surface area contributed by atoms with Crippen LogP contribution < -0.4 is 16.2 Å². The third-order valence-corrected chi connectivity index (χ3v) is 3.84. The molecule has 3 N–H and O–H groups in total. The maximum Gasteiger partial charge on any atom is 0.325 e. The average Bonchev–Trinajstić information content (AvgIpc) is 2.76. The summed E-state index contributed by atoms with van der Waals surface area (Å²) in [5, 5.41) is 13.2. The van der Waals surface area contributed by atoms with Gasteiger partial charge in [-0.05, 0) is 20.3 Å². The van der Waals surface area contributed by atoms with Gasteiger partial charge in [0.2, 0.25) is 0 Å². The second-order valence-electron chi connectivity index (χ2n) is 5.32. The lowest BCUT2D eigenvalue weighted by Gasteiger charge is -2.22. The van der Waals surface area contributed by atoms with Crippen LogP contribution in [0.4, 0.5) is 5.69 Å². The van der Waals surface area contributed by atoms with Crippen molar-refractivity contribution in [3.8, 4) is 0 Å². The van der Waals surface area contributed by atoms with Gasteiger partial charge in [-0.15, -0.1) is 0 Å². The van der Waals surface area contributed by atoms with Crippen LogP contribution in [0.3, 0.4) is 0 Å². The van der Waals surface area contributed by atoms with Crippen molar-refractivity contribution in [3.05, 3.63) is 21.6 Å². The fourth-order valence-corrected chi connectivity index (χ4v) is 2.49. The van der Waals surface area contributed by atoms with E-state index in [9.17, 15) is 9.59 Å². The molecule has 1 aromatic heterocycles. The van der Waals surface area contributed by atoms with Gasteiger partial charge in [0.15, 0.2) is 0 Å². The van der Waals surface area contributed by atoms with E-state index in [1.165, 1.54) is 10.9 Å². The van der Waals surface area contributed by atoms with E-state index >= 15 is 0 Å². The highest BCUT2D eigenvalue weighted by Crippen LogP contribution is 2.28. The number of carboxylic acid groups (broad SMARTS) is 1. The number of nitrogens with two attached hydrogens (primary N) is 1. The van der Waals surface area contributed by atoms with Gasteiger partial charge < -0.3 is 15.7 Å². The molecular formula is C12H17ClN4O3. The zero-order valence-corrected chi connectivity index (χ0v) is 12.1. The Morgan fingerprint density at radius 3 is 2.75 bits per heavy atom. The molecule has 0 aliphatic carbocycles. The number of aromatic nitrogens is 2. The predicted molar refractivity (Wildman–Crippen MR) is 75.3 cm³/mol. The largest absolute Gasteiger partial charge is 0.480 e. The Bertz CT molecular complexity index is 601. The van der Waals surface area contributed by atoms with E-state index in [0.717, 1.165) is 0 Å². The molecule has 0 spiro atoms. The molecule has 8 heteroatoms. The number of hydrogen-bond donors (Lipinski definition) is 2. The first kappa shape index (κ1) is 14.8. The first-order valence-electron chi connectivity index (χ1n) is 6.31. The van der Waals surface area contributed by atoms with E-state index in [2.05, 4.69) is 5.10 Å². The van der Waals surface area contributed by atoms with Crippen molar-refractivity contribution in [2.45, 2.75) is 31.8 Å². The van der Waals surface area contributed by atoms with Crippen LogP contribution in [0.5, 0.6) is 0 Å². The van der Waals surface area contributed by atoms with Crippen LogP contribution in [0.1, 0.15) is 26.3 Å². The van der Waals surface area contributed by atoms with Crippen LogP contribution in [0, 0.1) is 0 Å². The second-order valence-corrected chi connectivity index (χ2v) is 5.70. The van der Waals surface area contributed by atoms with Gasteiger partial charge in [0.25, 0.3) is 5.56 Å². The second kappa shape index (κ2) is 5.06. The van der Waals surface area contributed by atoms with Crippen molar-refractivity contribution in [2.24, 2.45) is 5.73 Å². The maximum absolute atomic E-state index is 12.1. The minimum absolute atomic E-state index is 0.0448. The molecule has 0 aromatic carbocycles. The summed E-state index contributed by atoms with van der Waals surface area (Å²) in [5.74, 6) is -1.06. The van der Waals surface area contributed by atoms with Gasteiger partial charge in [-0.2, -0.15) is 5.10 Å². The molecule has 20 heavy (non-hydrogen) atoms. The van der Waals surface area contributed by atoms with Gasteiger partial charge >= 0.3 is 5.97 Å². The minimum atomic E-state index is -1.31. The first-order chi connectivity index (χ1) is 9.26. The molecule has 2 heterocycles. The number of anilines is 1. The van der Waals surface area contributed by atoms with Gasteiger partial charge in [0.05, 0.1) is 17.9 Å². The summed E-state index contributed by atoms with van der Waals surface area (Å²) in [5.41, 5.74) is 4.55. The molecule has 0 saturated carbocycles. The summed E-state index contributed by atoms with van der Waals surface area (Å²) < 4.78 is 1.29. The molecule has 110 valence electrons. The lowest BCUT2D eigenvalue weighted by atomic mass is 10.0. The fourth-order valence-electron chi connectivity index (χ4n) is 2.24. The molecule has 2 rings (SSSR count). The van der Waals surface area contributed by atoms with Crippen LogP contribution >= 0.6 is 11.6 Å². The number of carboxylic acids is 1. The van der Waals surface area contributed by atoms with Crippen LogP contribution in [0.2, 0.25) is 5.02 Å². The van der Waals surface area contributed by atoms with Crippen molar-refractivity contribution in [1.29, 1.82) is 0 Å². The highest BCUT2D eigenvalue weighted by Gasteiger charge is 2.42. The van der Waals surface area contributed by atoms with E-state index in [0.29, 0.717) is 18.7 Å². The third kappa shape index (κ3) is 2.38. The van der Waals surface area contributed by atoms with Crippen molar-refractivity contribution in [2.75, 3.05) is 18.0 Å². The fraction of sp³-hybridized carbons (Fsp3) is 0.583. The summed E-state index contributed by atoms with van der Waals surface area (Å²) >= 11 is 6.09. The van der Waals surface area contributed by atoms with Gasteiger partial charge in [0, 0.05) is 13.1 Å².